The Labute approximate surface area is 185 Å². The highest BCUT2D eigenvalue weighted by atomic mass is 19.4. The number of hydrogen-bond donors (Lipinski definition) is 1. The van der Waals surface area contributed by atoms with Crippen molar-refractivity contribution in [3.63, 3.8) is 0 Å². The summed E-state index contributed by atoms with van der Waals surface area (Å²) in [6.45, 7) is 2.12. The first-order valence-corrected chi connectivity index (χ1v) is 10.4. The molecule has 0 radical (unpaired) electrons. The Morgan fingerprint density at radius 2 is 1.88 bits per heavy atom. The van der Waals surface area contributed by atoms with Crippen LogP contribution in [0.5, 0.6) is 5.75 Å². The fraction of sp³-hybridized carbons (Fsp3) is 0.409. The molecule has 33 heavy (non-hydrogen) atoms. The van der Waals surface area contributed by atoms with Gasteiger partial charge in [-0.2, -0.15) is 22.7 Å². The minimum absolute atomic E-state index is 0.167. The van der Waals surface area contributed by atoms with Crippen molar-refractivity contribution in [2.24, 2.45) is 5.92 Å². The number of pyridine rings is 1. The quantitative estimate of drug-likeness (QED) is 0.496. The van der Waals surface area contributed by atoms with E-state index < -0.39 is 41.0 Å². The average molecular weight is 468 g/mol. The number of fused-ring (bicyclic) bond motifs is 1. The molecule has 6 nitrogen and oxygen atoms in total. The van der Waals surface area contributed by atoms with Gasteiger partial charge in [-0.25, -0.2) is 14.1 Å². The van der Waals surface area contributed by atoms with E-state index >= 15 is 8.78 Å². The Morgan fingerprint density at radius 3 is 2.52 bits per heavy atom. The second-order valence-corrected chi connectivity index (χ2v) is 8.18. The first-order chi connectivity index (χ1) is 15.6. The Morgan fingerprint density at radius 1 is 1.18 bits per heavy atom. The van der Waals surface area contributed by atoms with Crippen molar-refractivity contribution < 1.29 is 31.5 Å². The number of halogens is 5. The molecule has 4 rings (SSSR count). The molecule has 1 fully saturated rings. The molecule has 0 spiro atoms. The van der Waals surface area contributed by atoms with Gasteiger partial charge in [-0.05, 0) is 49.8 Å². The third-order valence-corrected chi connectivity index (χ3v) is 5.88. The van der Waals surface area contributed by atoms with Crippen LogP contribution in [0.25, 0.3) is 10.9 Å². The zero-order valence-electron chi connectivity index (χ0n) is 17.8. The third kappa shape index (κ3) is 4.36. The van der Waals surface area contributed by atoms with E-state index in [0.29, 0.717) is 18.8 Å². The van der Waals surface area contributed by atoms with E-state index in [1.165, 1.54) is 4.68 Å². The first-order valence-electron chi connectivity index (χ1n) is 10.4. The van der Waals surface area contributed by atoms with Gasteiger partial charge < -0.3 is 10.1 Å². The largest absolute Gasteiger partial charge is 0.491 e. The molecule has 176 valence electrons. The van der Waals surface area contributed by atoms with Crippen LogP contribution in [0.2, 0.25) is 0 Å². The van der Waals surface area contributed by atoms with Gasteiger partial charge in [-0.15, -0.1) is 0 Å². The molecule has 1 saturated carbocycles. The van der Waals surface area contributed by atoms with Crippen molar-refractivity contribution in [3.05, 3.63) is 47.4 Å². The summed E-state index contributed by atoms with van der Waals surface area (Å²) in [5.41, 5.74) is -2.29. The number of ether oxygens (including phenoxy) is 1. The summed E-state index contributed by atoms with van der Waals surface area (Å²) < 4.78 is 75.3. The molecule has 0 unspecified atom stereocenters. The van der Waals surface area contributed by atoms with Gasteiger partial charge in [0.05, 0.1) is 24.2 Å². The lowest BCUT2D eigenvalue weighted by molar-refractivity contribution is -0.141. The van der Waals surface area contributed by atoms with Crippen molar-refractivity contribution in [1.82, 2.24) is 14.8 Å². The van der Waals surface area contributed by atoms with Crippen LogP contribution in [-0.2, 0) is 6.18 Å². The summed E-state index contributed by atoms with van der Waals surface area (Å²) >= 11 is 0. The second-order valence-electron chi connectivity index (χ2n) is 8.18. The molecule has 1 aliphatic carbocycles. The van der Waals surface area contributed by atoms with Gasteiger partial charge in [0.2, 0.25) is 5.95 Å². The van der Waals surface area contributed by atoms with Crippen LogP contribution in [0.4, 0.5) is 27.6 Å². The smallest absolute Gasteiger partial charge is 0.433 e. The minimum atomic E-state index is -4.74. The molecular weight excluding hydrogens is 447 g/mol. The highest BCUT2D eigenvalue weighted by Crippen LogP contribution is 2.38. The molecule has 0 bridgehead atoms. The molecule has 0 aliphatic heterocycles. The van der Waals surface area contributed by atoms with Crippen LogP contribution in [0.15, 0.2) is 24.3 Å². The number of nitrogens with one attached hydrogen (secondary N) is 1. The number of alkyl halides is 3. The summed E-state index contributed by atoms with van der Waals surface area (Å²) in [6.07, 6.45) is -1.53. The Hall–Kier alpha value is -3.24. The SMILES string of the molecule is COc1c(NC(=O)c2cccc(C(F)(F)F)n2)cc2c(F)n([C@H]3CC[C@H](C)CC3)nc2c1F. The number of amides is 1. The summed E-state index contributed by atoms with van der Waals surface area (Å²) in [5.74, 6) is -2.66. The van der Waals surface area contributed by atoms with E-state index in [1.807, 2.05) is 0 Å². The predicted octanol–water partition coefficient (Wildman–Crippen LogP) is 5.74. The van der Waals surface area contributed by atoms with Gasteiger partial charge in [-0.3, -0.25) is 4.79 Å². The third-order valence-electron chi connectivity index (χ3n) is 5.88. The second kappa shape index (κ2) is 8.60. The van der Waals surface area contributed by atoms with Gasteiger partial charge in [0.15, 0.2) is 11.6 Å². The Balaban J connectivity index is 1.71. The maximum absolute atomic E-state index is 15.2. The van der Waals surface area contributed by atoms with E-state index in [1.54, 1.807) is 0 Å². The summed E-state index contributed by atoms with van der Waals surface area (Å²) in [5, 5.41) is 6.23. The van der Waals surface area contributed by atoms with Crippen molar-refractivity contribution in [3.8, 4) is 5.75 Å². The number of aromatic nitrogens is 3. The van der Waals surface area contributed by atoms with E-state index in [-0.39, 0.29) is 22.6 Å². The van der Waals surface area contributed by atoms with Crippen LogP contribution in [0.1, 0.15) is 54.8 Å². The average Bonchev–Trinajstić information content (AvgIpc) is 3.11. The number of anilines is 1. The van der Waals surface area contributed by atoms with Crippen molar-refractivity contribution in [2.45, 2.75) is 44.8 Å². The maximum atomic E-state index is 15.2. The number of hydrogen-bond acceptors (Lipinski definition) is 4. The van der Waals surface area contributed by atoms with Crippen LogP contribution in [0, 0.1) is 17.7 Å². The number of carbonyl (C=O) groups is 1. The highest BCUT2D eigenvalue weighted by Gasteiger charge is 2.33. The van der Waals surface area contributed by atoms with Gasteiger partial charge in [0.25, 0.3) is 5.91 Å². The molecular formula is C22H21F5N4O2. The number of nitrogens with zero attached hydrogens (tertiary/aromatic N) is 3. The van der Waals surface area contributed by atoms with E-state index in [9.17, 15) is 18.0 Å². The monoisotopic (exact) mass is 468 g/mol. The molecule has 1 N–H and O–H groups in total. The predicted molar refractivity (Wildman–Crippen MR) is 110 cm³/mol. The van der Waals surface area contributed by atoms with Gasteiger partial charge in [0, 0.05) is 0 Å². The van der Waals surface area contributed by atoms with Gasteiger partial charge in [0.1, 0.15) is 16.9 Å². The number of benzene rings is 1. The molecule has 1 amide bonds. The highest BCUT2D eigenvalue weighted by molar-refractivity contribution is 6.05. The van der Waals surface area contributed by atoms with Crippen molar-refractivity contribution >= 4 is 22.5 Å². The van der Waals surface area contributed by atoms with Crippen molar-refractivity contribution in [1.29, 1.82) is 0 Å². The van der Waals surface area contributed by atoms with E-state index in [4.69, 9.17) is 4.74 Å². The van der Waals surface area contributed by atoms with Crippen LogP contribution in [0.3, 0.4) is 0 Å². The number of carbonyl (C=O) groups excluding carboxylic acids is 1. The molecule has 1 aliphatic rings. The fourth-order valence-electron chi connectivity index (χ4n) is 4.08. The summed E-state index contributed by atoms with van der Waals surface area (Å²) in [7, 11) is 1.15. The zero-order chi connectivity index (χ0) is 23.9. The van der Waals surface area contributed by atoms with E-state index in [2.05, 4.69) is 22.3 Å². The van der Waals surface area contributed by atoms with Crippen molar-refractivity contribution in [2.75, 3.05) is 12.4 Å². The lowest BCUT2D eigenvalue weighted by atomic mass is 9.87. The van der Waals surface area contributed by atoms with Gasteiger partial charge >= 0.3 is 6.18 Å². The van der Waals surface area contributed by atoms with E-state index in [0.717, 1.165) is 44.2 Å². The Kier molecular flexibility index (Phi) is 5.98. The topological polar surface area (TPSA) is 69.0 Å². The lowest BCUT2D eigenvalue weighted by Crippen LogP contribution is -2.19. The first kappa shape index (κ1) is 22.9. The normalized spacial score (nSPS) is 19.0. The number of methoxy groups -OCH3 is 1. The lowest BCUT2D eigenvalue weighted by Gasteiger charge is -2.26. The standard InChI is InChI=1S/C22H21F5N4O2/c1-11-6-8-12(9-7-11)31-20(24)13-10-15(19(33-2)17(23)18(13)30-31)29-21(32)14-4-3-5-16(28-14)22(25,26)27/h3-5,10-12H,6-9H2,1-2H3,(H,29,32)/t11-,12-. The fourth-order valence-corrected chi connectivity index (χ4v) is 4.08. The number of rotatable bonds is 4. The summed E-state index contributed by atoms with van der Waals surface area (Å²) in [4.78, 5) is 15.9. The van der Waals surface area contributed by atoms with Gasteiger partial charge in [-0.1, -0.05) is 13.0 Å². The Bertz CT molecular complexity index is 1200. The summed E-state index contributed by atoms with van der Waals surface area (Å²) in [6, 6.07) is 3.77. The molecule has 1 aromatic carbocycles. The molecule has 11 heteroatoms. The maximum Gasteiger partial charge on any atom is 0.433 e. The van der Waals surface area contributed by atoms with Crippen LogP contribution in [-0.4, -0.2) is 27.8 Å². The molecule has 2 aromatic heterocycles. The molecule has 3 aromatic rings. The minimum Gasteiger partial charge on any atom is -0.491 e. The van der Waals surface area contributed by atoms with Crippen LogP contribution >= 0.6 is 0 Å². The molecule has 0 saturated heterocycles. The molecule has 2 heterocycles. The van der Waals surface area contributed by atoms with Crippen LogP contribution < -0.4 is 10.1 Å². The molecule has 0 atom stereocenters. The zero-order valence-corrected chi connectivity index (χ0v) is 17.8.